The smallest absolute Gasteiger partial charge is 0.146 e. The summed E-state index contributed by atoms with van der Waals surface area (Å²) in [4.78, 5) is 0. The van der Waals surface area contributed by atoms with E-state index in [0.29, 0.717) is 25.4 Å². The molecule has 0 bridgehead atoms. The van der Waals surface area contributed by atoms with Gasteiger partial charge in [0.25, 0.3) is 0 Å². The highest BCUT2D eigenvalue weighted by Crippen LogP contribution is 2.14. The highest BCUT2D eigenvalue weighted by molar-refractivity contribution is 5.44. The van der Waals surface area contributed by atoms with Crippen LogP contribution in [0.2, 0.25) is 0 Å². The Morgan fingerprint density at radius 2 is 1.76 bits per heavy atom. The quantitative estimate of drug-likeness (QED) is 0.754. The maximum Gasteiger partial charge on any atom is 0.146 e. The number of para-hydroxylation sites is 1. The van der Waals surface area contributed by atoms with Crippen LogP contribution in [0.4, 0.5) is 10.1 Å². The van der Waals surface area contributed by atoms with E-state index in [2.05, 4.69) is 5.32 Å². The van der Waals surface area contributed by atoms with Crippen molar-refractivity contribution < 1.29 is 13.9 Å². The van der Waals surface area contributed by atoms with Crippen molar-refractivity contribution in [2.45, 2.75) is 6.42 Å². The van der Waals surface area contributed by atoms with Crippen LogP contribution in [-0.4, -0.2) is 26.9 Å². The van der Waals surface area contributed by atoms with Crippen molar-refractivity contribution in [3.63, 3.8) is 0 Å². The lowest BCUT2D eigenvalue weighted by molar-refractivity contribution is 0.202. The molecule has 0 spiro atoms. The number of hydrogen-bond donors (Lipinski definition) is 1. The standard InChI is InChI=1S/C17H20FNO2/c1-20-12-10-14-6-8-15(9-7-14)21-13-11-19-17-5-3-2-4-16(17)18/h2-9,19H,10-13H2,1H3. The van der Waals surface area contributed by atoms with Gasteiger partial charge in [-0.25, -0.2) is 4.39 Å². The minimum Gasteiger partial charge on any atom is -0.492 e. The maximum absolute atomic E-state index is 13.4. The molecule has 2 rings (SSSR count). The summed E-state index contributed by atoms with van der Waals surface area (Å²) in [5.74, 6) is 0.562. The van der Waals surface area contributed by atoms with E-state index in [-0.39, 0.29) is 5.82 Å². The molecule has 0 heterocycles. The third kappa shape index (κ3) is 5.08. The van der Waals surface area contributed by atoms with Gasteiger partial charge >= 0.3 is 0 Å². The second-order valence-electron chi connectivity index (χ2n) is 4.64. The van der Waals surface area contributed by atoms with Crippen LogP contribution >= 0.6 is 0 Å². The molecule has 0 saturated heterocycles. The molecule has 21 heavy (non-hydrogen) atoms. The largest absolute Gasteiger partial charge is 0.492 e. The SMILES string of the molecule is COCCc1ccc(OCCNc2ccccc2F)cc1. The van der Waals surface area contributed by atoms with Gasteiger partial charge in [0, 0.05) is 13.7 Å². The molecular formula is C17H20FNO2. The average Bonchev–Trinajstić information content (AvgIpc) is 2.52. The first-order chi connectivity index (χ1) is 10.3. The van der Waals surface area contributed by atoms with Gasteiger partial charge in [-0.1, -0.05) is 24.3 Å². The number of anilines is 1. The lowest BCUT2D eigenvalue weighted by Gasteiger charge is -2.09. The van der Waals surface area contributed by atoms with E-state index in [1.54, 1.807) is 25.3 Å². The van der Waals surface area contributed by atoms with E-state index in [0.717, 1.165) is 12.2 Å². The van der Waals surface area contributed by atoms with Crippen molar-refractivity contribution in [1.82, 2.24) is 0 Å². The first-order valence-electron chi connectivity index (χ1n) is 6.98. The lowest BCUT2D eigenvalue weighted by Crippen LogP contribution is -2.12. The average molecular weight is 289 g/mol. The monoisotopic (exact) mass is 289 g/mol. The fourth-order valence-corrected chi connectivity index (χ4v) is 1.93. The van der Waals surface area contributed by atoms with Crippen molar-refractivity contribution in [3.05, 3.63) is 59.9 Å². The molecule has 0 atom stereocenters. The second-order valence-corrected chi connectivity index (χ2v) is 4.64. The van der Waals surface area contributed by atoms with Crippen LogP contribution in [0.15, 0.2) is 48.5 Å². The highest BCUT2D eigenvalue weighted by Gasteiger charge is 1.99. The number of nitrogens with one attached hydrogen (secondary N) is 1. The first-order valence-corrected chi connectivity index (χ1v) is 6.98. The Kier molecular flexibility index (Phi) is 6.03. The summed E-state index contributed by atoms with van der Waals surface area (Å²) in [7, 11) is 1.69. The van der Waals surface area contributed by atoms with Crippen molar-refractivity contribution >= 4 is 5.69 Å². The molecule has 4 heteroatoms. The summed E-state index contributed by atoms with van der Waals surface area (Å²) in [6.45, 7) is 1.74. The molecule has 1 N–H and O–H groups in total. The van der Waals surface area contributed by atoms with Gasteiger partial charge in [-0.05, 0) is 36.2 Å². The fourth-order valence-electron chi connectivity index (χ4n) is 1.93. The number of benzene rings is 2. The number of halogens is 1. The molecule has 0 unspecified atom stereocenters. The Balaban J connectivity index is 1.72. The predicted molar refractivity (Wildman–Crippen MR) is 82.4 cm³/mol. The van der Waals surface area contributed by atoms with Crippen LogP contribution in [-0.2, 0) is 11.2 Å². The number of hydrogen-bond acceptors (Lipinski definition) is 3. The van der Waals surface area contributed by atoms with Gasteiger partial charge in [0.2, 0.25) is 0 Å². The zero-order chi connectivity index (χ0) is 14.9. The summed E-state index contributed by atoms with van der Waals surface area (Å²) in [5, 5.41) is 3.01. The van der Waals surface area contributed by atoms with Crippen molar-refractivity contribution in [2.75, 3.05) is 32.2 Å². The van der Waals surface area contributed by atoms with E-state index in [9.17, 15) is 4.39 Å². The Bertz CT molecular complexity index is 543. The van der Waals surface area contributed by atoms with Gasteiger partial charge in [0.1, 0.15) is 18.2 Å². The Hall–Kier alpha value is -2.07. The van der Waals surface area contributed by atoms with Gasteiger partial charge < -0.3 is 14.8 Å². The van der Waals surface area contributed by atoms with E-state index < -0.39 is 0 Å². The van der Waals surface area contributed by atoms with Gasteiger partial charge in [0.15, 0.2) is 0 Å². The predicted octanol–water partition coefficient (Wildman–Crippen LogP) is 3.51. The number of ether oxygens (including phenoxy) is 2. The van der Waals surface area contributed by atoms with Crippen molar-refractivity contribution in [3.8, 4) is 5.75 Å². The van der Waals surface area contributed by atoms with Crippen LogP contribution in [0, 0.1) is 5.82 Å². The topological polar surface area (TPSA) is 30.5 Å². The molecule has 0 fully saturated rings. The molecule has 2 aromatic carbocycles. The molecule has 0 aliphatic heterocycles. The first kappa shape index (κ1) is 15.3. The normalized spacial score (nSPS) is 10.4. The number of methoxy groups -OCH3 is 1. The lowest BCUT2D eigenvalue weighted by atomic mass is 10.1. The Morgan fingerprint density at radius 3 is 2.48 bits per heavy atom. The summed E-state index contributed by atoms with van der Waals surface area (Å²) in [6, 6.07) is 14.5. The van der Waals surface area contributed by atoms with Crippen LogP contribution in [0.1, 0.15) is 5.56 Å². The van der Waals surface area contributed by atoms with E-state index in [4.69, 9.17) is 9.47 Å². The van der Waals surface area contributed by atoms with E-state index >= 15 is 0 Å². The molecule has 0 amide bonds. The third-order valence-electron chi connectivity index (χ3n) is 3.08. The zero-order valence-corrected chi connectivity index (χ0v) is 12.1. The van der Waals surface area contributed by atoms with Crippen molar-refractivity contribution in [1.29, 1.82) is 0 Å². The minimum absolute atomic E-state index is 0.250. The van der Waals surface area contributed by atoms with Crippen LogP contribution in [0.25, 0.3) is 0 Å². The van der Waals surface area contributed by atoms with Crippen LogP contribution in [0.3, 0.4) is 0 Å². The highest BCUT2D eigenvalue weighted by atomic mass is 19.1. The van der Waals surface area contributed by atoms with Gasteiger partial charge in [0.05, 0.1) is 12.3 Å². The van der Waals surface area contributed by atoms with Gasteiger partial charge in [-0.3, -0.25) is 0 Å². The molecule has 0 aromatic heterocycles. The Morgan fingerprint density at radius 1 is 1.00 bits per heavy atom. The fraction of sp³-hybridized carbons (Fsp3) is 0.294. The van der Waals surface area contributed by atoms with Gasteiger partial charge in [-0.15, -0.1) is 0 Å². The maximum atomic E-state index is 13.4. The minimum atomic E-state index is -0.250. The molecule has 3 nitrogen and oxygen atoms in total. The van der Waals surface area contributed by atoms with Gasteiger partial charge in [-0.2, -0.15) is 0 Å². The third-order valence-corrected chi connectivity index (χ3v) is 3.08. The van der Waals surface area contributed by atoms with Crippen LogP contribution in [0.5, 0.6) is 5.75 Å². The Labute approximate surface area is 124 Å². The number of rotatable bonds is 8. The molecule has 2 aromatic rings. The molecule has 0 aliphatic rings. The molecular weight excluding hydrogens is 269 g/mol. The molecule has 0 saturated carbocycles. The molecule has 0 aliphatic carbocycles. The zero-order valence-electron chi connectivity index (χ0n) is 12.1. The summed E-state index contributed by atoms with van der Waals surface area (Å²) in [6.07, 6.45) is 0.894. The molecule has 0 radical (unpaired) electrons. The van der Waals surface area contributed by atoms with Crippen molar-refractivity contribution in [2.24, 2.45) is 0 Å². The summed E-state index contributed by atoms with van der Waals surface area (Å²) >= 11 is 0. The second kappa shape index (κ2) is 8.27. The molecule has 112 valence electrons. The summed E-state index contributed by atoms with van der Waals surface area (Å²) < 4.78 is 24.0. The summed E-state index contributed by atoms with van der Waals surface area (Å²) in [5.41, 5.74) is 1.71. The van der Waals surface area contributed by atoms with Crippen LogP contribution < -0.4 is 10.1 Å². The van der Waals surface area contributed by atoms with E-state index in [1.165, 1.54) is 11.6 Å². The van der Waals surface area contributed by atoms with E-state index in [1.807, 2.05) is 24.3 Å².